The summed E-state index contributed by atoms with van der Waals surface area (Å²) in [6, 6.07) is 0. The zero-order valence-electron chi connectivity index (χ0n) is 9.08. The number of hydrogen-bond acceptors (Lipinski definition) is 3. The normalized spacial score (nSPS) is 33.1. The van der Waals surface area contributed by atoms with Crippen molar-refractivity contribution in [3.05, 3.63) is 0 Å². The number of ether oxygens (including phenoxy) is 1. The van der Waals surface area contributed by atoms with Crippen molar-refractivity contribution in [2.45, 2.75) is 31.8 Å². The van der Waals surface area contributed by atoms with Crippen molar-refractivity contribution < 1.29 is 9.53 Å². The fourth-order valence-corrected chi connectivity index (χ4v) is 2.65. The molecule has 0 saturated carbocycles. The third kappa shape index (κ3) is 2.69. The summed E-state index contributed by atoms with van der Waals surface area (Å²) < 4.78 is 5.61. The molecule has 0 bridgehead atoms. The van der Waals surface area contributed by atoms with Crippen LogP contribution < -0.4 is 11.1 Å². The van der Waals surface area contributed by atoms with Crippen LogP contribution >= 0.6 is 0 Å². The molecule has 2 atom stereocenters. The third-order valence-corrected chi connectivity index (χ3v) is 3.60. The van der Waals surface area contributed by atoms with Gasteiger partial charge in [0.1, 0.15) is 0 Å². The number of piperidine rings is 1. The van der Waals surface area contributed by atoms with Gasteiger partial charge in [0.25, 0.3) is 0 Å². The fraction of sp³-hybridized carbons (Fsp3) is 0.909. The Hall–Kier alpha value is -0.610. The van der Waals surface area contributed by atoms with E-state index in [1.165, 1.54) is 12.8 Å². The van der Waals surface area contributed by atoms with Crippen molar-refractivity contribution in [3.63, 3.8) is 0 Å². The molecule has 0 radical (unpaired) electrons. The Morgan fingerprint density at radius 1 is 1.33 bits per heavy atom. The second kappa shape index (κ2) is 4.94. The van der Waals surface area contributed by atoms with Crippen LogP contribution in [0.2, 0.25) is 0 Å². The summed E-state index contributed by atoms with van der Waals surface area (Å²) in [6.07, 6.45) is 4.31. The zero-order chi connectivity index (χ0) is 10.7. The van der Waals surface area contributed by atoms with Crippen molar-refractivity contribution in [1.29, 1.82) is 0 Å². The number of carbonyl (C=O) groups excluding carboxylic acids is 1. The molecule has 0 aliphatic carbocycles. The van der Waals surface area contributed by atoms with Gasteiger partial charge >= 0.3 is 0 Å². The first-order chi connectivity index (χ1) is 7.27. The van der Waals surface area contributed by atoms with E-state index in [9.17, 15) is 4.79 Å². The summed E-state index contributed by atoms with van der Waals surface area (Å²) in [5, 5.41) is 3.34. The monoisotopic (exact) mass is 212 g/mol. The number of nitrogens with one attached hydrogen (secondary N) is 1. The minimum atomic E-state index is -0.188. The van der Waals surface area contributed by atoms with Gasteiger partial charge in [-0.2, -0.15) is 0 Å². The average molecular weight is 212 g/mol. The maximum atomic E-state index is 11.2. The largest absolute Gasteiger partial charge is 0.377 e. The number of hydrogen-bond donors (Lipinski definition) is 2. The first kappa shape index (κ1) is 10.9. The molecule has 0 aromatic carbocycles. The van der Waals surface area contributed by atoms with E-state index in [1.54, 1.807) is 0 Å². The molecule has 2 saturated heterocycles. The molecule has 2 fully saturated rings. The van der Waals surface area contributed by atoms with E-state index in [4.69, 9.17) is 10.5 Å². The predicted octanol–water partition coefficient (Wildman–Crippen LogP) is 0.266. The number of carbonyl (C=O) groups is 1. The first-order valence-electron chi connectivity index (χ1n) is 5.89. The molecule has 2 aliphatic heterocycles. The number of amides is 1. The fourth-order valence-electron chi connectivity index (χ4n) is 2.65. The molecule has 3 N–H and O–H groups in total. The Kier molecular flexibility index (Phi) is 3.59. The zero-order valence-corrected chi connectivity index (χ0v) is 9.08. The summed E-state index contributed by atoms with van der Waals surface area (Å²) in [5.74, 6) is 0.475. The van der Waals surface area contributed by atoms with Crippen molar-refractivity contribution in [1.82, 2.24) is 5.32 Å². The molecule has 2 rings (SSSR count). The van der Waals surface area contributed by atoms with Crippen LogP contribution in [0.5, 0.6) is 0 Å². The molecule has 4 nitrogen and oxygen atoms in total. The highest BCUT2D eigenvalue weighted by Gasteiger charge is 2.34. The van der Waals surface area contributed by atoms with Crippen LogP contribution in [0.4, 0.5) is 0 Å². The van der Waals surface area contributed by atoms with E-state index >= 15 is 0 Å². The Morgan fingerprint density at radius 3 is 2.73 bits per heavy atom. The van der Waals surface area contributed by atoms with Crippen LogP contribution in [-0.4, -0.2) is 31.7 Å². The predicted molar refractivity (Wildman–Crippen MR) is 57.3 cm³/mol. The van der Waals surface area contributed by atoms with Gasteiger partial charge < -0.3 is 15.8 Å². The van der Waals surface area contributed by atoms with Crippen LogP contribution in [0.25, 0.3) is 0 Å². The Morgan fingerprint density at radius 2 is 2.07 bits per heavy atom. The molecule has 0 spiro atoms. The maximum absolute atomic E-state index is 11.2. The average Bonchev–Trinajstić information content (AvgIpc) is 2.67. The van der Waals surface area contributed by atoms with Crippen LogP contribution in [0.1, 0.15) is 25.7 Å². The first-order valence-corrected chi connectivity index (χ1v) is 5.89. The summed E-state index contributed by atoms with van der Waals surface area (Å²) in [6.45, 7) is 2.89. The van der Waals surface area contributed by atoms with E-state index in [-0.39, 0.29) is 17.9 Å². The van der Waals surface area contributed by atoms with Gasteiger partial charge in [0, 0.05) is 6.61 Å². The van der Waals surface area contributed by atoms with Crippen LogP contribution in [0, 0.1) is 11.8 Å². The number of rotatable bonds is 3. The minimum Gasteiger partial charge on any atom is -0.377 e. The molecule has 0 aromatic heterocycles. The molecule has 1 amide bonds. The summed E-state index contributed by atoms with van der Waals surface area (Å²) >= 11 is 0. The van der Waals surface area contributed by atoms with E-state index in [2.05, 4.69) is 5.32 Å². The molecular weight excluding hydrogens is 192 g/mol. The van der Waals surface area contributed by atoms with Gasteiger partial charge in [-0.25, -0.2) is 0 Å². The van der Waals surface area contributed by atoms with Crippen molar-refractivity contribution in [2.24, 2.45) is 17.6 Å². The Labute approximate surface area is 90.5 Å². The van der Waals surface area contributed by atoms with Gasteiger partial charge in [-0.1, -0.05) is 0 Å². The topological polar surface area (TPSA) is 64.4 Å². The van der Waals surface area contributed by atoms with Gasteiger partial charge in [-0.3, -0.25) is 4.79 Å². The second-order valence-electron chi connectivity index (χ2n) is 4.64. The standard InChI is InChI=1S/C11H20N2O2/c12-11(14)9-3-6-15-10(9)7-8-1-4-13-5-2-8/h8-10,13H,1-7H2,(H2,12,14)/t9-,10-/m0/s1. The van der Waals surface area contributed by atoms with Gasteiger partial charge in [-0.05, 0) is 44.7 Å². The number of nitrogens with two attached hydrogens (primary N) is 1. The van der Waals surface area contributed by atoms with E-state index in [0.717, 1.165) is 25.9 Å². The lowest BCUT2D eigenvalue weighted by Crippen LogP contribution is -2.34. The lowest BCUT2D eigenvalue weighted by Gasteiger charge is -2.26. The molecular formula is C11H20N2O2. The second-order valence-corrected chi connectivity index (χ2v) is 4.64. The molecule has 4 heteroatoms. The highest BCUT2D eigenvalue weighted by molar-refractivity contribution is 5.77. The minimum absolute atomic E-state index is 0.0418. The highest BCUT2D eigenvalue weighted by Crippen LogP contribution is 2.29. The molecule has 2 aliphatic rings. The van der Waals surface area contributed by atoms with E-state index in [0.29, 0.717) is 12.5 Å². The van der Waals surface area contributed by atoms with E-state index < -0.39 is 0 Å². The molecule has 0 aromatic rings. The quantitative estimate of drug-likeness (QED) is 0.705. The molecule has 2 heterocycles. The van der Waals surface area contributed by atoms with Gasteiger partial charge in [0.2, 0.25) is 5.91 Å². The Balaban J connectivity index is 1.84. The smallest absolute Gasteiger partial charge is 0.223 e. The van der Waals surface area contributed by atoms with Crippen LogP contribution in [-0.2, 0) is 9.53 Å². The highest BCUT2D eigenvalue weighted by atomic mass is 16.5. The molecule has 0 unspecified atom stereocenters. The molecule has 15 heavy (non-hydrogen) atoms. The van der Waals surface area contributed by atoms with Gasteiger partial charge in [0.05, 0.1) is 12.0 Å². The third-order valence-electron chi connectivity index (χ3n) is 3.60. The summed E-state index contributed by atoms with van der Waals surface area (Å²) in [5.41, 5.74) is 5.36. The van der Waals surface area contributed by atoms with Gasteiger partial charge in [-0.15, -0.1) is 0 Å². The summed E-state index contributed by atoms with van der Waals surface area (Å²) in [4.78, 5) is 11.2. The van der Waals surface area contributed by atoms with Crippen molar-refractivity contribution >= 4 is 5.91 Å². The van der Waals surface area contributed by atoms with Crippen LogP contribution in [0.3, 0.4) is 0 Å². The van der Waals surface area contributed by atoms with Crippen LogP contribution in [0.15, 0.2) is 0 Å². The van der Waals surface area contributed by atoms with Gasteiger partial charge in [0.15, 0.2) is 0 Å². The molecule has 86 valence electrons. The SMILES string of the molecule is NC(=O)[C@H]1CCO[C@H]1CC1CCNCC1. The summed E-state index contributed by atoms with van der Waals surface area (Å²) in [7, 11) is 0. The van der Waals surface area contributed by atoms with E-state index in [1.807, 2.05) is 0 Å². The van der Waals surface area contributed by atoms with Crippen molar-refractivity contribution in [3.8, 4) is 0 Å². The number of primary amides is 1. The van der Waals surface area contributed by atoms with Crippen molar-refractivity contribution in [2.75, 3.05) is 19.7 Å². The lowest BCUT2D eigenvalue weighted by atomic mass is 9.87. The maximum Gasteiger partial charge on any atom is 0.223 e. The lowest BCUT2D eigenvalue weighted by molar-refractivity contribution is -0.123. The Bertz CT molecular complexity index is 227.